The van der Waals surface area contributed by atoms with E-state index in [-0.39, 0.29) is 0 Å². The summed E-state index contributed by atoms with van der Waals surface area (Å²) in [5, 5.41) is 3.42. The van der Waals surface area contributed by atoms with Gasteiger partial charge in [-0.05, 0) is 29.2 Å². The zero-order chi connectivity index (χ0) is 16.2. The van der Waals surface area contributed by atoms with Crippen molar-refractivity contribution < 1.29 is 4.74 Å². The van der Waals surface area contributed by atoms with Crippen LogP contribution in [0.1, 0.15) is 23.1 Å². The number of hydrogen-bond donors (Lipinski definition) is 1. The maximum Gasteiger partial charge on any atom is 0.127 e. The van der Waals surface area contributed by atoms with E-state index >= 15 is 0 Å². The van der Waals surface area contributed by atoms with Crippen molar-refractivity contribution in [1.29, 1.82) is 0 Å². The Labute approximate surface area is 143 Å². The first kappa shape index (κ1) is 15.4. The third-order valence-electron chi connectivity index (χ3n) is 4.87. The standard InChI is InChI=1S/C21H24N2O/c1-2-7-18-17(6-1)16-24-21-10-4-3-8-20(21)19(18)9-5-13-23-14-11-22-12-15-23/h1-4,6-10,22H,5,11-16H2. The summed E-state index contributed by atoms with van der Waals surface area (Å²) in [6, 6.07) is 17.0. The second kappa shape index (κ2) is 7.20. The molecule has 2 aromatic carbocycles. The van der Waals surface area contributed by atoms with Crippen molar-refractivity contribution in [2.45, 2.75) is 13.0 Å². The zero-order valence-corrected chi connectivity index (χ0v) is 14.0. The molecule has 0 spiro atoms. The van der Waals surface area contributed by atoms with Gasteiger partial charge in [-0.25, -0.2) is 0 Å². The van der Waals surface area contributed by atoms with Crippen LogP contribution in [0.25, 0.3) is 5.57 Å². The predicted molar refractivity (Wildman–Crippen MR) is 98.2 cm³/mol. The van der Waals surface area contributed by atoms with E-state index in [1.54, 1.807) is 0 Å². The molecule has 0 radical (unpaired) electrons. The van der Waals surface area contributed by atoms with Crippen LogP contribution in [-0.4, -0.2) is 37.6 Å². The highest BCUT2D eigenvalue weighted by Gasteiger charge is 2.18. The van der Waals surface area contributed by atoms with Crippen LogP contribution in [0.5, 0.6) is 5.75 Å². The van der Waals surface area contributed by atoms with Crippen LogP contribution in [0.3, 0.4) is 0 Å². The minimum Gasteiger partial charge on any atom is -0.488 e. The maximum atomic E-state index is 6.04. The third-order valence-corrected chi connectivity index (χ3v) is 4.87. The molecule has 0 amide bonds. The summed E-state index contributed by atoms with van der Waals surface area (Å²) in [7, 11) is 0. The van der Waals surface area contributed by atoms with Gasteiger partial charge in [0.15, 0.2) is 0 Å². The third kappa shape index (κ3) is 3.23. The average molecular weight is 320 g/mol. The summed E-state index contributed by atoms with van der Waals surface area (Å²) in [6.07, 6.45) is 3.46. The second-order valence-electron chi connectivity index (χ2n) is 6.44. The van der Waals surface area contributed by atoms with Crippen LogP contribution >= 0.6 is 0 Å². The van der Waals surface area contributed by atoms with Gasteiger partial charge in [-0.15, -0.1) is 0 Å². The number of fused-ring (bicyclic) bond motifs is 2. The number of rotatable bonds is 3. The molecule has 124 valence electrons. The molecule has 0 unspecified atom stereocenters. The van der Waals surface area contributed by atoms with Gasteiger partial charge in [0.1, 0.15) is 12.4 Å². The topological polar surface area (TPSA) is 24.5 Å². The highest BCUT2D eigenvalue weighted by molar-refractivity contribution is 5.84. The molecule has 1 fully saturated rings. The van der Waals surface area contributed by atoms with Gasteiger partial charge < -0.3 is 15.0 Å². The van der Waals surface area contributed by atoms with Crippen molar-refractivity contribution in [2.24, 2.45) is 0 Å². The van der Waals surface area contributed by atoms with Crippen molar-refractivity contribution in [3.63, 3.8) is 0 Å². The van der Waals surface area contributed by atoms with Crippen LogP contribution in [0.15, 0.2) is 54.6 Å². The number of para-hydroxylation sites is 1. The Balaban J connectivity index is 1.63. The van der Waals surface area contributed by atoms with Gasteiger partial charge in [-0.1, -0.05) is 48.5 Å². The molecule has 1 N–H and O–H groups in total. The van der Waals surface area contributed by atoms with Gasteiger partial charge >= 0.3 is 0 Å². The van der Waals surface area contributed by atoms with Crippen LogP contribution in [0.2, 0.25) is 0 Å². The van der Waals surface area contributed by atoms with Crippen molar-refractivity contribution >= 4 is 5.57 Å². The Bertz CT molecular complexity index is 683. The average Bonchev–Trinajstić information content (AvgIpc) is 2.80. The van der Waals surface area contributed by atoms with Crippen molar-refractivity contribution in [1.82, 2.24) is 10.2 Å². The normalized spacial score (nSPS) is 19.2. The van der Waals surface area contributed by atoms with Gasteiger partial charge in [0.05, 0.1) is 0 Å². The lowest BCUT2D eigenvalue weighted by Crippen LogP contribution is -2.43. The fraction of sp³-hybridized carbons (Fsp3) is 0.333. The summed E-state index contributed by atoms with van der Waals surface area (Å²) < 4.78 is 6.04. The van der Waals surface area contributed by atoms with E-state index in [9.17, 15) is 0 Å². The monoisotopic (exact) mass is 320 g/mol. The Morgan fingerprint density at radius 2 is 1.71 bits per heavy atom. The molecule has 2 aliphatic heterocycles. The summed E-state index contributed by atoms with van der Waals surface area (Å²) in [6.45, 7) is 6.28. The fourth-order valence-corrected chi connectivity index (χ4v) is 3.57. The summed E-state index contributed by atoms with van der Waals surface area (Å²) in [4.78, 5) is 2.54. The number of piperazine rings is 1. The number of nitrogens with one attached hydrogen (secondary N) is 1. The molecular weight excluding hydrogens is 296 g/mol. The number of benzene rings is 2. The molecule has 0 aromatic heterocycles. The molecular formula is C21H24N2O. The highest BCUT2D eigenvalue weighted by Crippen LogP contribution is 2.36. The molecule has 24 heavy (non-hydrogen) atoms. The van der Waals surface area contributed by atoms with E-state index in [0.29, 0.717) is 6.61 Å². The lowest BCUT2D eigenvalue weighted by atomic mass is 9.93. The highest BCUT2D eigenvalue weighted by atomic mass is 16.5. The Morgan fingerprint density at radius 3 is 2.58 bits per heavy atom. The van der Waals surface area contributed by atoms with Crippen molar-refractivity contribution in [3.8, 4) is 5.75 Å². The van der Waals surface area contributed by atoms with Crippen LogP contribution in [-0.2, 0) is 6.61 Å². The van der Waals surface area contributed by atoms with Crippen LogP contribution in [0.4, 0.5) is 0 Å². The molecule has 3 heteroatoms. The van der Waals surface area contributed by atoms with Gasteiger partial charge in [0.25, 0.3) is 0 Å². The van der Waals surface area contributed by atoms with Crippen LogP contribution in [0, 0.1) is 0 Å². The summed E-state index contributed by atoms with van der Waals surface area (Å²) in [5.74, 6) is 0.988. The summed E-state index contributed by atoms with van der Waals surface area (Å²) >= 11 is 0. The Morgan fingerprint density at radius 1 is 0.958 bits per heavy atom. The number of ether oxygens (including phenoxy) is 1. The zero-order valence-electron chi connectivity index (χ0n) is 14.0. The predicted octanol–water partition coefficient (Wildman–Crippen LogP) is 3.31. The van der Waals surface area contributed by atoms with E-state index in [2.05, 4.69) is 58.8 Å². The largest absolute Gasteiger partial charge is 0.488 e. The lowest BCUT2D eigenvalue weighted by molar-refractivity contribution is 0.245. The molecule has 0 saturated carbocycles. The molecule has 2 heterocycles. The molecule has 0 bridgehead atoms. The molecule has 2 aromatic rings. The van der Waals surface area contributed by atoms with Crippen molar-refractivity contribution in [3.05, 3.63) is 71.3 Å². The molecule has 1 saturated heterocycles. The van der Waals surface area contributed by atoms with Gasteiger partial charge in [-0.3, -0.25) is 0 Å². The minimum atomic E-state index is 0.641. The lowest BCUT2D eigenvalue weighted by Gasteiger charge is -2.26. The molecule has 4 rings (SSSR count). The SMILES string of the molecule is C(CCN1CCNCC1)=C1c2ccccc2COc2ccccc21. The van der Waals surface area contributed by atoms with Gasteiger partial charge in [-0.2, -0.15) is 0 Å². The summed E-state index contributed by atoms with van der Waals surface area (Å²) in [5.41, 5.74) is 5.10. The molecule has 3 nitrogen and oxygen atoms in total. The number of hydrogen-bond acceptors (Lipinski definition) is 3. The van der Waals surface area contributed by atoms with E-state index in [1.165, 1.54) is 22.3 Å². The maximum absolute atomic E-state index is 6.04. The smallest absolute Gasteiger partial charge is 0.127 e. The van der Waals surface area contributed by atoms with E-state index in [1.807, 2.05) is 6.07 Å². The first-order valence-corrected chi connectivity index (χ1v) is 8.85. The first-order valence-electron chi connectivity index (χ1n) is 8.85. The number of nitrogens with zero attached hydrogens (tertiary/aromatic N) is 1. The van der Waals surface area contributed by atoms with E-state index in [4.69, 9.17) is 4.74 Å². The molecule has 0 atom stereocenters. The van der Waals surface area contributed by atoms with Crippen LogP contribution < -0.4 is 10.1 Å². The van der Waals surface area contributed by atoms with Gasteiger partial charge in [0, 0.05) is 38.3 Å². The van der Waals surface area contributed by atoms with Crippen molar-refractivity contribution in [2.75, 3.05) is 32.7 Å². The Kier molecular flexibility index (Phi) is 4.63. The van der Waals surface area contributed by atoms with E-state index in [0.717, 1.165) is 44.9 Å². The second-order valence-corrected chi connectivity index (χ2v) is 6.44. The fourth-order valence-electron chi connectivity index (χ4n) is 3.57. The quantitative estimate of drug-likeness (QED) is 0.939. The van der Waals surface area contributed by atoms with Gasteiger partial charge in [0.2, 0.25) is 0 Å². The molecule has 0 aliphatic carbocycles. The Hall–Kier alpha value is -2.10. The first-order chi connectivity index (χ1) is 11.9. The molecule has 2 aliphatic rings. The minimum absolute atomic E-state index is 0.641. The van der Waals surface area contributed by atoms with E-state index < -0.39 is 0 Å².